The largest absolute Gasteiger partial charge is 0.370 e. The minimum atomic E-state index is -0.134. The Morgan fingerprint density at radius 1 is 1.37 bits per heavy atom. The number of aryl methyl sites for hydroxylation is 2. The number of morpholine rings is 1. The van der Waals surface area contributed by atoms with Crippen molar-refractivity contribution in [2.45, 2.75) is 26.4 Å². The molecule has 2 heterocycles. The van der Waals surface area contributed by atoms with Crippen molar-refractivity contribution in [1.29, 1.82) is 0 Å². The maximum Gasteiger partial charge on any atom is 0.246 e. The summed E-state index contributed by atoms with van der Waals surface area (Å²) in [6, 6.07) is 7.89. The monoisotopic (exact) mass is 526 g/mol. The highest BCUT2D eigenvalue weighted by atomic mass is 127. The molecule has 164 valence electrons. The first kappa shape index (κ1) is 24.1. The summed E-state index contributed by atoms with van der Waals surface area (Å²) < 4.78 is 7.68. The fraction of sp³-hybridized carbons (Fsp3) is 0.476. The Morgan fingerprint density at radius 3 is 2.90 bits per heavy atom. The van der Waals surface area contributed by atoms with E-state index in [0.29, 0.717) is 13.2 Å². The minimum Gasteiger partial charge on any atom is -0.370 e. The molecule has 1 aliphatic heterocycles. The molecule has 1 aromatic carbocycles. The molecule has 1 unspecified atom stereocenters. The predicted molar refractivity (Wildman–Crippen MR) is 129 cm³/mol. The molecular formula is C21H31IN6O2. The number of ether oxygens (including phenoxy) is 1. The molecule has 0 radical (unpaired) electrons. The molecule has 1 aromatic heterocycles. The van der Waals surface area contributed by atoms with E-state index in [1.165, 1.54) is 5.56 Å². The normalized spacial score (nSPS) is 16.7. The average Bonchev–Trinajstić information content (AvgIpc) is 3.17. The molecule has 9 heteroatoms. The summed E-state index contributed by atoms with van der Waals surface area (Å²) in [6.45, 7) is 6.89. The third-order valence-electron chi connectivity index (χ3n) is 4.79. The molecule has 1 saturated heterocycles. The van der Waals surface area contributed by atoms with Gasteiger partial charge in [0.1, 0.15) is 12.6 Å². The van der Waals surface area contributed by atoms with Crippen molar-refractivity contribution in [3.63, 3.8) is 0 Å². The lowest BCUT2D eigenvalue weighted by Gasteiger charge is -2.34. The van der Waals surface area contributed by atoms with E-state index in [0.717, 1.165) is 36.7 Å². The predicted octanol–water partition coefficient (Wildman–Crippen LogP) is 2.58. The number of guanidine groups is 1. The van der Waals surface area contributed by atoms with Crippen molar-refractivity contribution in [3.05, 3.63) is 47.8 Å². The number of halogens is 1. The van der Waals surface area contributed by atoms with Crippen LogP contribution >= 0.6 is 24.0 Å². The Bertz CT molecular complexity index is 854. The maximum absolute atomic E-state index is 12.4. The Morgan fingerprint density at radius 2 is 2.20 bits per heavy atom. The first-order valence-electron chi connectivity index (χ1n) is 10.1. The van der Waals surface area contributed by atoms with Gasteiger partial charge in [-0.1, -0.05) is 19.1 Å². The Kier molecular flexibility index (Phi) is 9.57. The number of anilines is 1. The van der Waals surface area contributed by atoms with Crippen LogP contribution in [0.15, 0.2) is 41.7 Å². The molecule has 0 bridgehead atoms. The van der Waals surface area contributed by atoms with Crippen LogP contribution in [-0.4, -0.2) is 59.3 Å². The van der Waals surface area contributed by atoms with Crippen molar-refractivity contribution in [2.24, 2.45) is 12.0 Å². The summed E-state index contributed by atoms with van der Waals surface area (Å²) in [5.74, 6) is 0.591. The van der Waals surface area contributed by atoms with Gasteiger partial charge in [-0.15, -0.1) is 24.0 Å². The van der Waals surface area contributed by atoms with E-state index in [2.05, 4.69) is 32.5 Å². The number of hydrogen-bond acceptors (Lipinski definition) is 4. The SMILES string of the molecule is CCNC(=NCC(=O)Nc1cccc(CC)c1)N1CCOC(c2cnn(C)c2)C1.I. The highest BCUT2D eigenvalue weighted by molar-refractivity contribution is 14.0. The Balaban J connectivity index is 0.00000320. The molecular weight excluding hydrogens is 495 g/mol. The summed E-state index contributed by atoms with van der Waals surface area (Å²) in [6.07, 6.45) is 4.67. The fourth-order valence-electron chi connectivity index (χ4n) is 3.29. The number of benzene rings is 1. The second kappa shape index (κ2) is 11.9. The van der Waals surface area contributed by atoms with Crippen LogP contribution in [-0.2, 0) is 23.0 Å². The van der Waals surface area contributed by atoms with Gasteiger partial charge in [-0.2, -0.15) is 5.10 Å². The van der Waals surface area contributed by atoms with Gasteiger partial charge in [-0.25, -0.2) is 4.99 Å². The molecule has 30 heavy (non-hydrogen) atoms. The zero-order chi connectivity index (χ0) is 20.6. The van der Waals surface area contributed by atoms with Crippen molar-refractivity contribution >= 4 is 41.5 Å². The summed E-state index contributed by atoms with van der Waals surface area (Å²) >= 11 is 0. The van der Waals surface area contributed by atoms with Crippen molar-refractivity contribution in [1.82, 2.24) is 20.0 Å². The first-order chi connectivity index (χ1) is 14.1. The molecule has 2 N–H and O–H groups in total. The van der Waals surface area contributed by atoms with Crippen molar-refractivity contribution in [2.75, 3.05) is 38.1 Å². The van der Waals surface area contributed by atoms with E-state index in [9.17, 15) is 4.79 Å². The van der Waals surface area contributed by atoms with Gasteiger partial charge < -0.3 is 20.3 Å². The molecule has 3 rings (SSSR count). The topological polar surface area (TPSA) is 83.8 Å². The summed E-state index contributed by atoms with van der Waals surface area (Å²) in [5.41, 5.74) is 3.04. The van der Waals surface area contributed by atoms with E-state index in [1.54, 1.807) is 4.68 Å². The number of amides is 1. The standard InChI is InChI=1S/C21H30N6O2.HI/c1-4-16-7-6-8-18(11-16)25-20(28)13-23-21(22-5-2)27-9-10-29-19(15-27)17-12-24-26(3)14-17;/h6-8,11-12,14,19H,4-5,9-10,13,15H2,1-3H3,(H,22,23)(H,25,28);1H. The van der Waals surface area contributed by atoms with Gasteiger partial charge in [0.25, 0.3) is 0 Å². The highest BCUT2D eigenvalue weighted by Crippen LogP contribution is 2.21. The van der Waals surface area contributed by atoms with Crippen LogP contribution in [0.3, 0.4) is 0 Å². The van der Waals surface area contributed by atoms with Crippen molar-refractivity contribution < 1.29 is 9.53 Å². The van der Waals surface area contributed by atoms with Crippen molar-refractivity contribution in [3.8, 4) is 0 Å². The number of carbonyl (C=O) groups is 1. The van der Waals surface area contributed by atoms with Crippen LogP contribution in [0.4, 0.5) is 5.69 Å². The maximum atomic E-state index is 12.4. The van der Waals surface area contributed by atoms with Crippen LogP contribution in [0.1, 0.15) is 31.1 Å². The Labute approximate surface area is 195 Å². The minimum absolute atomic E-state index is 0. The van der Waals surface area contributed by atoms with Crippen LogP contribution in [0.5, 0.6) is 0 Å². The molecule has 0 spiro atoms. The number of aliphatic imine (C=N–C) groups is 1. The third kappa shape index (κ3) is 6.69. The smallest absolute Gasteiger partial charge is 0.246 e. The number of hydrogen-bond donors (Lipinski definition) is 2. The van der Waals surface area contributed by atoms with Crippen LogP contribution < -0.4 is 10.6 Å². The van der Waals surface area contributed by atoms with Gasteiger partial charge in [0.2, 0.25) is 5.91 Å². The fourth-order valence-corrected chi connectivity index (χ4v) is 3.29. The van der Waals surface area contributed by atoms with Gasteiger partial charge >= 0.3 is 0 Å². The van der Waals surface area contributed by atoms with Gasteiger partial charge in [0.05, 0.1) is 19.3 Å². The molecule has 1 aliphatic rings. The highest BCUT2D eigenvalue weighted by Gasteiger charge is 2.25. The second-order valence-electron chi connectivity index (χ2n) is 7.03. The number of aromatic nitrogens is 2. The van der Waals surface area contributed by atoms with E-state index < -0.39 is 0 Å². The molecule has 0 saturated carbocycles. The molecule has 8 nitrogen and oxygen atoms in total. The molecule has 1 atom stereocenters. The summed E-state index contributed by atoms with van der Waals surface area (Å²) in [7, 11) is 1.89. The zero-order valence-corrected chi connectivity index (χ0v) is 20.1. The van der Waals surface area contributed by atoms with Gasteiger partial charge in [0.15, 0.2) is 5.96 Å². The van der Waals surface area contributed by atoms with Gasteiger partial charge in [0, 0.05) is 37.6 Å². The lowest BCUT2D eigenvalue weighted by atomic mass is 10.1. The third-order valence-corrected chi connectivity index (χ3v) is 4.79. The lowest BCUT2D eigenvalue weighted by molar-refractivity contribution is -0.114. The number of nitrogens with zero attached hydrogens (tertiary/aromatic N) is 4. The number of carbonyl (C=O) groups excluding carboxylic acids is 1. The number of rotatable bonds is 6. The molecule has 2 aromatic rings. The molecule has 0 aliphatic carbocycles. The van der Waals surface area contributed by atoms with E-state index in [-0.39, 0.29) is 42.5 Å². The quantitative estimate of drug-likeness (QED) is 0.344. The molecule has 1 fully saturated rings. The van der Waals surface area contributed by atoms with Gasteiger partial charge in [-0.05, 0) is 31.0 Å². The zero-order valence-electron chi connectivity index (χ0n) is 17.8. The lowest BCUT2D eigenvalue weighted by Crippen LogP contribution is -2.48. The van der Waals surface area contributed by atoms with E-state index in [1.807, 2.05) is 50.6 Å². The second-order valence-corrected chi connectivity index (χ2v) is 7.03. The summed E-state index contributed by atoms with van der Waals surface area (Å²) in [4.78, 5) is 19.1. The summed E-state index contributed by atoms with van der Waals surface area (Å²) in [5, 5.41) is 10.4. The average molecular weight is 526 g/mol. The van der Waals surface area contributed by atoms with Crippen LogP contribution in [0.2, 0.25) is 0 Å². The molecule has 1 amide bonds. The van der Waals surface area contributed by atoms with Gasteiger partial charge in [-0.3, -0.25) is 9.48 Å². The van der Waals surface area contributed by atoms with E-state index in [4.69, 9.17) is 4.74 Å². The first-order valence-corrected chi connectivity index (χ1v) is 10.1. The number of nitrogens with one attached hydrogen (secondary N) is 2. The van der Waals surface area contributed by atoms with E-state index >= 15 is 0 Å². The van der Waals surface area contributed by atoms with Crippen LogP contribution in [0, 0.1) is 0 Å². The Hall–Kier alpha value is -2.14. The van der Waals surface area contributed by atoms with Crippen LogP contribution in [0.25, 0.3) is 0 Å².